The molecule has 0 saturated carbocycles. The minimum absolute atomic E-state index is 0.260. The molecule has 2 rings (SSSR count). The van der Waals surface area contributed by atoms with Crippen LogP contribution in [0.2, 0.25) is 0 Å². The van der Waals surface area contributed by atoms with E-state index < -0.39 is 0 Å². The fourth-order valence-corrected chi connectivity index (χ4v) is 1.71. The van der Waals surface area contributed by atoms with Gasteiger partial charge in [0.1, 0.15) is 5.75 Å². The molecule has 3 N–H and O–H groups in total. The lowest BCUT2D eigenvalue weighted by molar-refractivity contribution is 0.475. The van der Waals surface area contributed by atoms with Crippen molar-refractivity contribution in [3.05, 3.63) is 36.0 Å². The molecular weight excluding hydrogens is 202 g/mol. The highest BCUT2D eigenvalue weighted by atomic mass is 16.3. The van der Waals surface area contributed by atoms with Crippen LogP contribution >= 0.6 is 0 Å². The van der Waals surface area contributed by atoms with Gasteiger partial charge >= 0.3 is 0 Å². The third-order valence-corrected chi connectivity index (χ3v) is 2.48. The topological polar surface area (TPSA) is 64.1 Å². The second-order valence-corrected chi connectivity index (χ2v) is 3.59. The van der Waals surface area contributed by atoms with Crippen LogP contribution in [0.3, 0.4) is 0 Å². The van der Waals surface area contributed by atoms with Gasteiger partial charge in [0.25, 0.3) is 0 Å². The summed E-state index contributed by atoms with van der Waals surface area (Å²) in [5, 5.41) is 13.8. The Morgan fingerprint density at radius 3 is 2.81 bits per heavy atom. The van der Waals surface area contributed by atoms with Crippen LogP contribution in [0.4, 0.5) is 0 Å². The molecule has 0 aliphatic rings. The van der Waals surface area contributed by atoms with E-state index in [0.29, 0.717) is 6.54 Å². The van der Waals surface area contributed by atoms with E-state index in [9.17, 15) is 5.11 Å². The number of phenols is 1. The summed E-state index contributed by atoms with van der Waals surface area (Å²) in [5.41, 5.74) is 8.37. The number of phenolic OH excluding ortho intramolecular Hbond substituents is 1. The lowest BCUT2D eigenvalue weighted by atomic mass is 10.1. The first-order valence-electron chi connectivity index (χ1n) is 5.30. The number of benzene rings is 1. The second-order valence-electron chi connectivity index (χ2n) is 3.59. The normalized spacial score (nSPS) is 10.6. The first kappa shape index (κ1) is 10.7. The first-order chi connectivity index (χ1) is 7.74. The Balaban J connectivity index is 2.50. The van der Waals surface area contributed by atoms with Crippen LogP contribution in [0.5, 0.6) is 5.75 Å². The standard InChI is InChI=1S/C12H15N3O/c1-2-15-12(7-10(8-13)14-15)9-4-3-5-11(16)6-9/h3-7,16H,2,8,13H2,1H3. The van der Waals surface area contributed by atoms with E-state index in [4.69, 9.17) is 5.73 Å². The lowest BCUT2D eigenvalue weighted by Crippen LogP contribution is -2.01. The van der Waals surface area contributed by atoms with E-state index in [0.717, 1.165) is 23.5 Å². The zero-order valence-electron chi connectivity index (χ0n) is 9.22. The predicted octanol–water partition coefficient (Wildman–Crippen LogP) is 1.73. The molecule has 0 saturated heterocycles. The van der Waals surface area contributed by atoms with Crippen LogP contribution in [-0.4, -0.2) is 14.9 Å². The third kappa shape index (κ3) is 1.92. The summed E-state index contributed by atoms with van der Waals surface area (Å²) < 4.78 is 1.89. The number of hydrogen-bond donors (Lipinski definition) is 2. The molecule has 0 atom stereocenters. The van der Waals surface area contributed by atoms with Crippen LogP contribution in [0.1, 0.15) is 12.6 Å². The van der Waals surface area contributed by atoms with E-state index in [2.05, 4.69) is 5.10 Å². The maximum atomic E-state index is 9.45. The molecule has 1 aromatic heterocycles. The first-order valence-corrected chi connectivity index (χ1v) is 5.30. The van der Waals surface area contributed by atoms with E-state index in [1.807, 2.05) is 29.8 Å². The number of aromatic nitrogens is 2. The van der Waals surface area contributed by atoms with Crippen LogP contribution in [-0.2, 0) is 13.1 Å². The number of aromatic hydroxyl groups is 1. The van der Waals surface area contributed by atoms with Crippen molar-refractivity contribution in [3.8, 4) is 17.0 Å². The highest BCUT2D eigenvalue weighted by Gasteiger charge is 2.08. The molecule has 84 valence electrons. The smallest absolute Gasteiger partial charge is 0.116 e. The number of aryl methyl sites for hydroxylation is 1. The van der Waals surface area contributed by atoms with Crippen molar-refractivity contribution in [2.45, 2.75) is 20.0 Å². The Morgan fingerprint density at radius 2 is 2.19 bits per heavy atom. The fraction of sp³-hybridized carbons (Fsp3) is 0.250. The molecule has 4 nitrogen and oxygen atoms in total. The van der Waals surface area contributed by atoms with Gasteiger partial charge in [0.05, 0.1) is 11.4 Å². The number of nitrogens with two attached hydrogens (primary N) is 1. The average Bonchev–Trinajstić information content (AvgIpc) is 2.72. The quantitative estimate of drug-likeness (QED) is 0.823. The fourth-order valence-electron chi connectivity index (χ4n) is 1.71. The number of nitrogens with zero attached hydrogens (tertiary/aromatic N) is 2. The molecule has 0 aliphatic heterocycles. The summed E-state index contributed by atoms with van der Waals surface area (Å²) in [6.07, 6.45) is 0. The maximum absolute atomic E-state index is 9.45. The SMILES string of the molecule is CCn1nc(CN)cc1-c1cccc(O)c1. The Hall–Kier alpha value is -1.81. The van der Waals surface area contributed by atoms with Crippen molar-refractivity contribution in [3.63, 3.8) is 0 Å². The van der Waals surface area contributed by atoms with Gasteiger partial charge in [-0.1, -0.05) is 12.1 Å². The molecule has 0 spiro atoms. The van der Waals surface area contributed by atoms with Crippen molar-refractivity contribution in [2.75, 3.05) is 0 Å². The Bertz CT molecular complexity index is 491. The van der Waals surface area contributed by atoms with E-state index in [1.165, 1.54) is 0 Å². The lowest BCUT2D eigenvalue weighted by Gasteiger charge is -2.04. The molecule has 1 aromatic carbocycles. The number of rotatable bonds is 3. The van der Waals surface area contributed by atoms with Gasteiger partial charge in [-0.3, -0.25) is 4.68 Å². The minimum Gasteiger partial charge on any atom is -0.508 e. The maximum Gasteiger partial charge on any atom is 0.116 e. The van der Waals surface area contributed by atoms with E-state index in [-0.39, 0.29) is 5.75 Å². The zero-order valence-corrected chi connectivity index (χ0v) is 9.22. The molecular formula is C12H15N3O. The Kier molecular flexibility index (Phi) is 2.92. The Morgan fingerprint density at radius 1 is 1.38 bits per heavy atom. The van der Waals surface area contributed by atoms with Gasteiger partial charge in [-0.05, 0) is 25.1 Å². The summed E-state index contributed by atoms with van der Waals surface area (Å²) >= 11 is 0. The average molecular weight is 217 g/mol. The summed E-state index contributed by atoms with van der Waals surface area (Å²) in [5.74, 6) is 0.260. The number of hydrogen-bond acceptors (Lipinski definition) is 3. The molecule has 16 heavy (non-hydrogen) atoms. The molecule has 0 fully saturated rings. The molecule has 4 heteroatoms. The van der Waals surface area contributed by atoms with Gasteiger partial charge in [0.2, 0.25) is 0 Å². The molecule has 2 aromatic rings. The van der Waals surface area contributed by atoms with E-state index >= 15 is 0 Å². The highest BCUT2D eigenvalue weighted by molar-refractivity contribution is 5.61. The monoisotopic (exact) mass is 217 g/mol. The van der Waals surface area contributed by atoms with Gasteiger partial charge in [-0.15, -0.1) is 0 Å². The van der Waals surface area contributed by atoms with Crippen LogP contribution in [0, 0.1) is 0 Å². The predicted molar refractivity (Wildman–Crippen MR) is 62.9 cm³/mol. The van der Waals surface area contributed by atoms with Crippen molar-refractivity contribution >= 4 is 0 Å². The third-order valence-electron chi connectivity index (χ3n) is 2.48. The van der Waals surface area contributed by atoms with Crippen molar-refractivity contribution in [1.82, 2.24) is 9.78 Å². The van der Waals surface area contributed by atoms with Crippen molar-refractivity contribution < 1.29 is 5.11 Å². The molecule has 0 unspecified atom stereocenters. The Labute approximate surface area is 94.3 Å². The molecule has 0 radical (unpaired) electrons. The minimum atomic E-state index is 0.260. The highest BCUT2D eigenvalue weighted by Crippen LogP contribution is 2.24. The van der Waals surface area contributed by atoms with Crippen molar-refractivity contribution in [2.24, 2.45) is 5.73 Å². The van der Waals surface area contributed by atoms with Gasteiger partial charge in [0, 0.05) is 18.7 Å². The van der Waals surface area contributed by atoms with Gasteiger partial charge in [0.15, 0.2) is 0 Å². The molecule has 1 heterocycles. The van der Waals surface area contributed by atoms with Gasteiger partial charge in [-0.25, -0.2) is 0 Å². The van der Waals surface area contributed by atoms with Gasteiger partial charge < -0.3 is 10.8 Å². The summed E-state index contributed by atoms with van der Waals surface area (Å²) in [6.45, 7) is 3.24. The van der Waals surface area contributed by atoms with Crippen LogP contribution < -0.4 is 5.73 Å². The van der Waals surface area contributed by atoms with Crippen molar-refractivity contribution in [1.29, 1.82) is 0 Å². The summed E-state index contributed by atoms with van der Waals surface area (Å²) in [6, 6.07) is 9.10. The van der Waals surface area contributed by atoms with Crippen LogP contribution in [0.15, 0.2) is 30.3 Å². The molecule has 0 amide bonds. The molecule has 0 bridgehead atoms. The second kappa shape index (κ2) is 4.37. The zero-order chi connectivity index (χ0) is 11.5. The van der Waals surface area contributed by atoms with Crippen LogP contribution in [0.25, 0.3) is 11.3 Å². The molecule has 0 aliphatic carbocycles. The van der Waals surface area contributed by atoms with E-state index in [1.54, 1.807) is 12.1 Å². The summed E-state index contributed by atoms with van der Waals surface area (Å²) in [7, 11) is 0. The van der Waals surface area contributed by atoms with Gasteiger partial charge in [-0.2, -0.15) is 5.10 Å². The largest absolute Gasteiger partial charge is 0.508 e. The summed E-state index contributed by atoms with van der Waals surface area (Å²) in [4.78, 5) is 0.